The predicted molar refractivity (Wildman–Crippen MR) is 78.8 cm³/mol. The summed E-state index contributed by atoms with van der Waals surface area (Å²) < 4.78 is 1.11. The monoisotopic (exact) mass is 296 g/mol. The molecule has 0 bridgehead atoms. The number of hydrogen-bond donors (Lipinski definition) is 1. The summed E-state index contributed by atoms with van der Waals surface area (Å²) in [5.74, 6) is 0. The van der Waals surface area contributed by atoms with Crippen molar-refractivity contribution in [3.05, 3.63) is 53.1 Å². The van der Waals surface area contributed by atoms with Crippen molar-refractivity contribution in [1.29, 1.82) is 0 Å². The Morgan fingerprint density at radius 2 is 1.72 bits per heavy atom. The van der Waals surface area contributed by atoms with Crippen LogP contribution in [0.3, 0.4) is 0 Å². The maximum atomic E-state index is 4.38. The van der Waals surface area contributed by atoms with Crippen molar-refractivity contribution >= 4 is 48.6 Å². The molecule has 1 N–H and O–H groups in total. The van der Waals surface area contributed by atoms with Crippen LogP contribution in [0.25, 0.3) is 32.7 Å². The first-order valence-corrected chi connectivity index (χ1v) is 6.57. The second-order valence-corrected chi connectivity index (χ2v) is 5.21. The van der Waals surface area contributed by atoms with Crippen LogP contribution in [0.1, 0.15) is 0 Å². The Labute approximate surface area is 112 Å². The third-order valence-electron chi connectivity index (χ3n) is 3.32. The van der Waals surface area contributed by atoms with Gasteiger partial charge in [0.1, 0.15) is 5.65 Å². The van der Waals surface area contributed by atoms with E-state index in [4.69, 9.17) is 0 Å². The second kappa shape index (κ2) is 3.56. The van der Waals surface area contributed by atoms with Crippen molar-refractivity contribution in [1.82, 2.24) is 9.97 Å². The number of rotatable bonds is 0. The van der Waals surface area contributed by atoms with Crippen molar-refractivity contribution in [3.63, 3.8) is 0 Å². The molecule has 0 amide bonds. The Bertz CT molecular complexity index is 893. The van der Waals surface area contributed by atoms with Crippen LogP contribution >= 0.6 is 15.9 Å². The van der Waals surface area contributed by atoms with Gasteiger partial charge in [-0.3, -0.25) is 0 Å². The molecule has 0 unspecified atom stereocenters. The van der Waals surface area contributed by atoms with Gasteiger partial charge in [-0.15, -0.1) is 0 Å². The van der Waals surface area contributed by atoms with Gasteiger partial charge >= 0.3 is 0 Å². The lowest BCUT2D eigenvalue weighted by molar-refractivity contribution is 1.35. The summed E-state index contributed by atoms with van der Waals surface area (Å²) in [6.45, 7) is 0. The lowest BCUT2D eigenvalue weighted by Gasteiger charge is -2.02. The number of aromatic nitrogens is 2. The zero-order valence-electron chi connectivity index (χ0n) is 9.44. The van der Waals surface area contributed by atoms with Crippen molar-refractivity contribution in [2.75, 3.05) is 0 Å². The van der Waals surface area contributed by atoms with Crippen molar-refractivity contribution in [2.45, 2.75) is 0 Å². The van der Waals surface area contributed by atoms with Gasteiger partial charge in [0, 0.05) is 27.0 Å². The number of benzene rings is 2. The minimum absolute atomic E-state index is 0.941. The van der Waals surface area contributed by atoms with E-state index in [-0.39, 0.29) is 0 Å². The number of pyridine rings is 1. The Hall–Kier alpha value is -1.87. The number of fused-ring (bicyclic) bond motifs is 5. The summed E-state index contributed by atoms with van der Waals surface area (Å²) in [6.07, 6.45) is 1.81. The zero-order chi connectivity index (χ0) is 12.1. The quantitative estimate of drug-likeness (QED) is 0.503. The normalized spacial score (nSPS) is 11.6. The molecular weight excluding hydrogens is 288 g/mol. The first-order valence-electron chi connectivity index (χ1n) is 5.78. The first-order chi connectivity index (χ1) is 8.84. The molecule has 0 aliphatic rings. The molecule has 2 heterocycles. The maximum Gasteiger partial charge on any atom is 0.138 e. The van der Waals surface area contributed by atoms with Crippen molar-refractivity contribution < 1.29 is 0 Å². The van der Waals surface area contributed by atoms with Crippen LogP contribution in [0.15, 0.2) is 53.1 Å². The predicted octanol–water partition coefficient (Wildman–Crippen LogP) is 4.63. The highest BCUT2D eigenvalue weighted by Crippen LogP contribution is 2.35. The summed E-state index contributed by atoms with van der Waals surface area (Å²) in [5, 5.41) is 4.91. The van der Waals surface area contributed by atoms with E-state index in [0.29, 0.717) is 0 Å². The Kier molecular flexibility index (Phi) is 2.00. The van der Waals surface area contributed by atoms with Crippen LogP contribution < -0.4 is 0 Å². The molecule has 2 nitrogen and oxygen atoms in total. The van der Waals surface area contributed by atoms with E-state index in [9.17, 15) is 0 Å². The SMILES string of the molecule is Brc1cc2[nH]c3ncccc3c2c2ccccc12. The van der Waals surface area contributed by atoms with Crippen LogP contribution in [0.2, 0.25) is 0 Å². The molecule has 0 saturated heterocycles. The van der Waals surface area contributed by atoms with Gasteiger partial charge in [0.05, 0.1) is 0 Å². The van der Waals surface area contributed by atoms with Gasteiger partial charge in [-0.2, -0.15) is 0 Å². The van der Waals surface area contributed by atoms with E-state index in [1.54, 1.807) is 0 Å². The Morgan fingerprint density at radius 1 is 0.944 bits per heavy atom. The standard InChI is InChI=1S/C15H9BrN2/c16-12-8-13-14(10-5-2-1-4-9(10)12)11-6-3-7-17-15(11)18-13/h1-8H,(H,17,18). The van der Waals surface area contributed by atoms with Crippen molar-refractivity contribution in [2.24, 2.45) is 0 Å². The molecule has 0 aliphatic carbocycles. The molecule has 0 atom stereocenters. The molecular formula is C15H9BrN2. The summed E-state index contributed by atoms with van der Waals surface area (Å²) in [6, 6.07) is 14.6. The van der Waals surface area contributed by atoms with Crippen LogP contribution in [-0.4, -0.2) is 9.97 Å². The number of nitrogens with zero attached hydrogens (tertiary/aromatic N) is 1. The van der Waals surface area contributed by atoms with Gasteiger partial charge in [0.15, 0.2) is 0 Å². The number of hydrogen-bond acceptors (Lipinski definition) is 1. The maximum absolute atomic E-state index is 4.38. The largest absolute Gasteiger partial charge is 0.339 e. The number of H-pyrrole nitrogens is 1. The molecule has 18 heavy (non-hydrogen) atoms. The third kappa shape index (κ3) is 1.25. The third-order valence-corrected chi connectivity index (χ3v) is 3.98. The highest BCUT2D eigenvalue weighted by molar-refractivity contribution is 9.10. The summed E-state index contributed by atoms with van der Waals surface area (Å²) in [4.78, 5) is 7.75. The Morgan fingerprint density at radius 3 is 2.61 bits per heavy atom. The smallest absolute Gasteiger partial charge is 0.138 e. The average Bonchev–Trinajstić information content (AvgIpc) is 2.77. The Balaban J connectivity index is 2.39. The van der Waals surface area contributed by atoms with Gasteiger partial charge in [0.25, 0.3) is 0 Å². The highest BCUT2D eigenvalue weighted by Gasteiger charge is 2.10. The number of aromatic amines is 1. The van der Waals surface area contributed by atoms with Gasteiger partial charge in [-0.25, -0.2) is 4.98 Å². The van der Waals surface area contributed by atoms with E-state index >= 15 is 0 Å². The van der Waals surface area contributed by atoms with Crippen LogP contribution in [-0.2, 0) is 0 Å². The van der Waals surface area contributed by atoms with Crippen LogP contribution in [0, 0.1) is 0 Å². The summed E-state index contributed by atoms with van der Waals surface area (Å²) in [5.41, 5.74) is 2.06. The lowest BCUT2D eigenvalue weighted by Crippen LogP contribution is -1.76. The molecule has 3 heteroatoms. The van der Waals surface area contributed by atoms with Crippen molar-refractivity contribution in [3.8, 4) is 0 Å². The molecule has 0 aliphatic heterocycles. The van der Waals surface area contributed by atoms with Gasteiger partial charge < -0.3 is 4.98 Å². The number of halogens is 1. The van der Waals surface area contributed by atoms with Crippen LogP contribution in [0.5, 0.6) is 0 Å². The van der Waals surface area contributed by atoms with E-state index < -0.39 is 0 Å². The van der Waals surface area contributed by atoms with E-state index in [2.05, 4.69) is 62.3 Å². The van der Waals surface area contributed by atoms with Gasteiger partial charge in [-0.1, -0.05) is 40.2 Å². The molecule has 2 aromatic carbocycles. The molecule has 0 radical (unpaired) electrons. The van der Waals surface area contributed by atoms with Gasteiger partial charge in [-0.05, 0) is 29.0 Å². The van der Waals surface area contributed by atoms with Gasteiger partial charge in [0.2, 0.25) is 0 Å². The van der Waals surface area contributed by atoms with E-state index in [0.717, 1.165) is 15.6 Å². The fraction of sp³-hybridized carbons (Fsp3) is 0. The second-order valence-electron chi connectivity index (χ2n) is 4.35. The first kappa shape index (κ1) is 10.1. The summed E-state index contributed by atoms with van der Waals surface area (Å²) >= 11 is 3.63. The molecule has 2 aromatic heterocycles. The molecule has 4 aromatic rings. The minimum atomic E-state index is 0.941. The zero-order valence-corrected chi connectivity index (χ0v) is 11.0. The van der Waals surface area contributed by atoms with Crippen LogP contribution in [0.4, 0.5) is 0 Å². The molecule has 86 valence electrons. The van der Waals surface area contributed by atoms with E-state index in [1.807, 2.05) is 12.3 Å². The summed E-state index contributed by atoms with van der Waals surface area (Å²) in [7, 11) is 0. The molecule has 4 rings (SSSR count). The van der Waals surface area contributed by atoms with E-state index in [1.165, 1.54) is 21.5 Å². The number of nitrogens with one attached hydrogen (secondary N) is 1. The molecule has 0 saturated carbocycles. The fourth-order valence-electron chi connectivity index (χ4n) is 2.55. The average molecular weight is 297 g/mol. The minimum Gasteiger partial charge on any atom is -0.339 e. The molecule has 0 spiro atoms. The lowest BCUT2D eigenvalue weighted by atomic mass is 10.0. The highest BCUT2D eigenvalue weighted by atomic mass is 79.9. The topological polar surface area (TPSA) is 28.7 Å². The fourth-order valence-corrected chi connectivity index (χ4v) is 3.13. The molecule has 0 fully saturated rings.